The summed E-state index contributed by atoms with van der Waals surface area (Å²) in [6.45, 7) is 0. The Kier molecular flexibility index (Phi) is 3.45. The first-order valence-corrected chi connectivity index (χ1v) is 6.95. The van der Waals surface area contributed by atoms with Crippen molar-refractivity contribution < 1.29 is 14.7 Å². The van der Waals surface area contributed by atoms with E-state index in [1.54, 1.807) is 42.6 Å². The van der Waals surface area contributed by atoms with Crippen LogP contribution in [0.15, 0.2) is 53.6 Å². The van der Waals surface area contributed by atoms with Crippen molar-refractivity contribution in [3.8, 4) is 5.75 Å². The molecule has 1 fully saturated rings. The maximum absolute atomic E-state index is 12.3. The van der Waals surface area contributed by atoms with Crippen LogP contribution in [-0.2, 0) is 4.79 Å². The number of phenolic OH excluding ortho intramolecular Hbond substituents is 1. The molecule has 0 spiro atoms. The second-order valence-electron chi connectivity index (χ2n) is 4.29. The largest absolute Gasteiger partial charge is 0.508 e. The Morgan fingerprint density at radius 2 is 2.00 bits per heavy atom. The molecule has 1 aromatic carbocycles. The van der Waals surface area contributed by atoms with E-state index in [1.165, 1.54) is 12.1 Å². The summed E-state index contributed by atoms with van der Waals surface area (Å²) in [7, 11) is 0. The highest BCUT2D eigenvalue weighted by Gasteiger charge is 2.36. The number of carbonyl (C=O) groups is 2. The number of hydrogen-bond donors (Lipinski definition) is 1. The van der Waals surface area contributed by atoms with Crippen LogP contribution in [0.25, 0.3) is 6.08 Å². The standard InChI is InChI=1S/C15H10N2O3S/c18-12-6-3-5-11(9-12)17-14(19)13(21-15(17)20)8-10-4-1-2-7-16-10/h1-9,18H/b13-8-. The van der Waals surface area contributed by atoms with Gasteiger partial charge in [-0.05, 0) is 42.1 Å². The van der Waals surface area contributed by atoms with E-state index in [1.807, 2.05) is 0 Å². The molecule has 1 N–H and O–H groups in total. The summed E-state index contributed by atoms with van der Waals surface area (Å²) >= 11 is 0.854. The number of rotatable bonds is 2. The van der Waals surface area contributed by atoms with Crippen molar-refractivity contribution in [1.29, 1.82) is 0 Å². The van der Waals surface area contributed by atoms with Gasteiger partial charge in [0, 0.05) is 12.3 Å². The normalized spacial score (nSPS) is 16.8. The zero-order valence-corrected chi connectivity index (χ0v) is 11.6. The summed E-state index contributed by atoms with van der Waals surface area (Å²) in [5, 5.41) is 9.07. The van der Waals surface area contributed by atoms with Gasteiger partial charge in [-0.2, -0.15) is 0 Å². The number of imide groups is 1. The van der Waals surface area contributed by atoms with Crippen molar-refractivity contribution >= 4 is 34.7 Å². The molecule has 0 saturated carbocycles. The van der Waals surface area contributed by atoms with Gasteiger partial charge in [0.25, 0.3) is 11.1 Å². The average molecular weight is 298 g/mol. The predicted octanol–water partition coefficient (Wildman–Crippen LogP) is 3.03. The molecule has 1 aliphatic rings. The molecule has 6 heteroatoms. The van der Waals surface area contributed by atoms with E-state index >= 15 is 0 Å². The lowest BCUT2D eigenvalue weighted by atomic mass is 10.2. The molecule has 5 nitrogen and oxygen atoms in total. The van der Waals surface area contributed by atoms with Crippen molar-refractivity contribution in [2.24, 2.45) is 0 Å². The average Bonchev–Trinajstić information content (AvgIpc) is 2.74. The van der Waals surface area contributed by atoms with Crippen LogP contribution < -0.4 is 4.90 Å². The third kappa shape index (κ3) is 2.66. The van der Waals surface area contributed by atoms with Gasteiger partial charge in [-0.25, -0.2) is 4.90 Å². The molecule has 2 aromatic rings. The van der Waals surface area contributed by atoms with E-state index in [9.17, 15) is 14.7 Å². The lowest BCUT2D eigenvalue weighted by Gasteiger charge is -2.12. The molecule has 1 aromatic heterocycles. The van der Waals surface area contributed by atoms with E-state index in [4.69, 9.17) is 0 Å². The maximum Gasteiger partial charge on any atom is 0.298 e. The molecular formula is C15H10N2O3S. The molecule has 1 aliphatic heterocycles. The number of hydrogen-bond acceptors (Lipinski definition) is 5. The second kappa shape index (κ2) is 5.41. The number of amides is 2. The third-order valence-corrected chi connectivity index (χ3v) is 3.72. The van der Waals surface area contributed by atoms with Gasteiger partial charge in [0.15, 0.2) is 0 Å². The first kappa shape index (κ1) is 13.4. The minimum atomic E-state index is -0.416. The topological polar surface area (TPSA) is 70.5 Å². The summed E-state index contributed by atoms with van der Waals surface area (Å²) in [6, 6.07) is 11.4. The maximum atomic E-state index is 12.3. The summed E-state index contributed by atoms with van der Waals surface area (Å²) in [5.41, 5.74) is 0.959. The van der Waals surface area contributed by atoms with Crippen molar-refractivity contribution in [2.75, 3.05) is 4.90 Å². The zero-order valence-electron chi connectivity index (χ0n) is 10.8. The van der Waals surface area contributed by atoms with Gasteiger partial charge in [0.05, 0.1) is 16.3 Å². The molecule has 0 atom stereocenters. The smallest absolute Gasteiger partial charge is 0.298 e. The number of aromatic nitrogens is 1. The third-order valence-electron chi connectivity index (χ3n) is 2.85. The fourth-order valence-corrected chi connectivity index (χ4v) is 2.74. The number of pyridine rings is 1. The van der Waals surface area contributed by atoms with Crippen LogP contribution in [-0.4, -0.2) is 21.2 Å². The van der Waals surface area contributed by atoms with Crippen LogP contribution in [0, 0.1) is 0 Å². The van der Waals surface area contributed by atoms with Gasteiger partial charge < -0.3 is 5.11 Å². The van der Waals surface area contributed by atoms with E-state index in [0.29, 0.717) is 16.3 Å². The fourth-order valence-electron chi connectivity index (χ4n) is 1.92. The minimum absolute atomic E-state index is 0.000237. The van der Waals surface area contributed by atoms with E-state index in [0.717, 1.165) is 16.7 Å². The van der Waals surface area contributed by atoms with Gasteiger partial charge in [0.1, 0.15) is 5.75 Å². The lowest BCUT2D eigenvalue weighted by molar-refractivity contribution is -0.113. The number of carbonyl (C=O) groups excluding carboxylic acids is 2. The molecule has 0 bridgehead atoms. The number of anilines is 1. The Morgan fingerprint density at radius 3 is 2.71 bits per heavy atom. The van der Waals surface area contributed by atoms with Gasteiger partial charge >= 0.3 is 0 Å². The number of nitrogens with zero attached hydrogens (tertiary/aromatic N) is 2. The van der Waals surface area contributed by atoms with Crippen LogP contribution in [0.1, 0.15) is 5.69 Å². The molecule has 21 heavy (non-hydrogen) atoms. The number of phenols is 1. The van der Waals surface area contributed by atoms with Crippen LogP contribution in [0.5, 0.6) is 5.75 Å². The van der Waals surface area contributed by atoms with Crippen LogP contribution in [0.3, 0.4) is 0 Å². The Labute approximate surface area is 124 Å². The van der Waals surface area contributed by atoms with Crippen LogP contribution >= 0.6 is 11.8 Å². The second-order valence-corrected chi connectivity index (χ2v) is 5.28. The first-order chi connectivity index (χ1) is 10.1. The Balaban J connectivity index is 1.94. The number of aromatic hydroxyl groups is 1. The molecule has 0 unspecified atom stereocenters. The highest BCUT2D eigenvalue weighted by atomic mass is 32.2. The summed E-state index contributed by atoms with van der Waals surface area (Å²) in [6.07, 6.45) is 3.19. The van der Waals surface area contributed by atoms with Crippen molar-refractivity contribution in [3.63, 3.8) is 0 Å². The van der Waals surface area contributed by atoms with Crippen molar-refractivity contribution in [1.82, 2.24) is 4.98 Å². The predicted molar refractivity (Wildman–Crippen MR) is 80.8 cm³/mol. The van der Waals surface area contributed by atoms with Gasteiger partial charge in [-0.1, -0.05) is 12.1 Å². The quantitative estimate of drug-likeness (QED) is 0.863. The molecule has 0 radical (unpaired) electrons. The molecule has 0 aliphatic carbocycles. The van der Waals surface area contributed by atoms with Crippen LogP contribution in [0.4, 0.5) is 10.5 Å². The van der Waals surface area contributed by atoms with Gasteiger partial charge in [0.2, 0.25) is 0 Å². The molecular weight excluding hydrogens is 288 g/mol. The Bertz CT molecular complexity index is 744. The molecule has 3 rings (SSSR count). The van der Waals surface area contributed by atoms with Gasteiger partial charge in [-0.15, -0.1) is 0 Å². The van der Waals surface area contributed by atoms with Crippen molar-refractivity contribution in [2.45, 2.75) is 0 Å². The first-order valence-electron chi connectivity index (χ1n) is 6.13. The summed E-state index contributed by atoms with van der Waals surface area (Å²) in [4.78, 5) is 29.8. The van der Waals surface area contributed by atoms with Crippen molar-refractivity contribution in [3.05, 3.63) is 59.3 Å². The number of benzene rings is 1. The monoisotopic (exact) mass is 298 g/mol. The summed E-state index contributed by atoms with van der Waals surface area (Å²) < 4.78 is 0. The molecule has 2 heterocycles. The highest BCUT2D eigenvalue weighted by Crippen LogP contribution is 2.36. The van der Waals surface area contributed by atoms with E-state index in [-0.39, 0.29) is 5.75 Å². The Hall–Kier alpha value is -2.60. The lowest BCUT2D eigenvalue weighted by Crippen LogP contribution is -2.27. The van der Waals surface area contributed by atoms with E-state index in [2.05, 4.69) is 4.98 Å². The number of thioether (sulfide) groups is 1. The molecule has 1 saturated heterocycles. The fraction of sp³-hybridized carbons (Fsp3) is 0. The SMILES string of the molecule is O=C1S/C(=C\c2ccccn2)C(=O)N1c1cccc(O)c1. The van der Waals surface area contributed by atoms with Crippen LogP contribution in [0.2, 0.25) is 0 Å². The van der Waals surface area contributed by atoms with E-state index < -0.39 is 11.1 Å². The summed E-state index contributed by atoms with van der Waals surface area (Å²) in [5.74, 6) is -0.415. The minimum Gasteiger partial charge on any atom is -0.508 e. The Morgan fingerprint density at radius 1 is 1.14 bits per heavy atom. The molecule has 2 amide bonds. The van der Waals surface area contributed by atoms with Gasteiger partial charge in [-0.3, -0.25) is 14.6 Å². The zero-order chi connectivity index (χ0) is 14.8. The highest BCUT2D eigenvalue weighted by molar-refractivity contribution is 8.19. The molecule has 104 valence electrons.